The third-order valence-corrected chi connectivity index (χ3v) is 4.81. The number of hydrogen-bond acceptors (Lipinski definition) is 4. The molecule has 2 unspecified atom stereocenters. The zero-order valence-corrected chi connectivity index (χ0v) is 11.6. The van der Waals surface area contributed by atoms with Crippen molar-refractivity contribution < 1.29 is 13.5 Å². The van der Waals surface area contributed by atoms with Crippen LogP contribution >= 0.6 is 0 Å². The van der Waals surface area contributed by atoms with Crippen molar-refractivity contribution in [2.45, 2.75) is 43.6 Å². The molecule has 0 bridgehead atoms. The van der Waals surface area contributed by atoms with Crippen LogP contribution in [0.5, 0.6) is 0 Å². The van der Waals surface area contributed by atoms with Crippen LogP contribution in [0.3, 0.4) is 0 Å². The molecule has 1 fully saturated rings. The number of nitrogens with one attached hydrogen (secondary N) is 1. The monoisotopic (exact) mass is 284 g/mol. The lowest BCUT2D eigenvalue weighted by molar-refractivity contribution is 0.101. The van der Waals surface area contributed by atoms with Crippen LogP contribution in [-0.2, 0) is 15.8 Å². The molecule has 0 aromatic heterocycles. The average molecular weight is 284 g/mol. The third kappa shape index (κ3) is 3.92. The minimum atomic E-state index is -3.48. The van der Waals surface area contributed by atoms with Crippen molar-refractivity contribution >= 4 is 15.7 Å². The van der Waals surface area contributed by atoms with Gasteiger partial charge in [-0.3, -0.25) is 0 Å². The van der Waals surface area contributed by atoms with Gasteiger partial charge in [-0.25, -0.2) is 13.1 Å². The Bertz CT molecular complexity index is 530. The standard InChI is InChI=1S/C13H20N2O3S/c14-11-6-2-1-5-10(11)9-19(17,18)15-12-7-3-4-8-13(12)16/h1-2,5-6,12-13,15-16H,3-4,7-9,14H2. The first-order valence-corrected chi connectivity index (χ1v) is 8.14. The Balaban J connectivity index is 2.04. The molecule has 1 aliphatic carbocycles. The number of nitrogen functional groups attached to an aromatic ring is 1. The third-order valence-electron chi connectivity index (χ3n) is 3.46. The molecule has 1 aliphatic rings. The van der Waals surface area contributed by atoms with Crippen LogP contribution in [-0.4, -0.2) is 25.7 Å². The maximum atomic E-state index is 12.1. The summed E-state index contributed by atoms with van der Waals surface area (Å²) >= 11 is 0. The summed E-state index contributed by atoms with van der Waals surface area (Å²) in [7, 11) is -3.48. The maximum absolute atomic E-state index is 12.1. The normalized spacial score (nSPS) is 24.3. The van der Waals surface area contributed by atoms with Crippen LogP contribution in [0.25, 0.3) is 0 Å². The lowest BCUT2D eigenvalue weighted by Gasteiger charge is -2.28. The molecule has 4 N–H and O–H groups in total. The Labute approximate surface area is 113 Å². The van der Waals surface area contributed by atoms with Gasteiger partial charge in [-0.05, 0) is 24.5 Å². The molecule has 2 rings (SSSR count). The summed E-state index contributed by atoms with van der Waals surface area (Å²) in [6, 6.07) is 6.54. The molecule has 0 saturated heterocycles. The predicted octanol–water partition coefficient (Wildman–Crippen LogP) is 0.992. The van der Waals surface area contributed by atoms with Crippen molar-refractivity contribution in [2.24, 2.45) is 0 Å². The number of aliphatic hydroxyl groups excluding tert-OH is 1. The van der Waals surface area contributed by atoms with Gasteiger partial charge in [-0.1, -0.05) is 31.0 Å². The Morgan fingerprint density at radius 1 is 1.26 bits per heavy atom. The van der Waals surface area contributed by atoms with Crippen LogP contribution in [0.1, 0.15) is 31.2 Å². The summed E-state index contributed by atoms with van der Waals surface area (Å²) in [6.45, 7) is 0. The molecular formula is C13H20N2O3S. The largest absolute Gasteiger partial charge is 0.398 e. The van der Waals surface area contributed by atoms with Gasteiger partial charge in [0.25, 0.3) is 0 Å². The number of aliphatic hydroxyl groups is 1. The minimum absolute atomic E-state index is 0.150. The minimum Gasteiger partial charge on any atom is -0.398 e. The zero-order chi connectivity index (χ0) is 13.9. The Kier molecular flexibility index (Phi) is 4.44. The first-order chi connectivity index (χ1) is 8.98. The highest BCUT2D eigenvalue weighted by Crippen LogP contribution is 2.20. The van der Waals surface area contributed by atoms with E-state index in [9.17, 15) is 13.5 Å². The SMILES string of the molecule is Nc1ccccc1CS(=O)(=O)NC1CCCCC1O. The number of anilines is 1. The Hall–Kier alpha value is -1.11. The quantitative estimate of drug-likeness (QED) is 0.719. The maximum Gasteiger partial charge on any atom is 0.216 e. The highest BCUT2D eigenvalue weighted by Gasteiger charge is 2.27. The van der Waals surface area contributed by atoms with Gasteiger partial charge < -0.3 is 10.8 Å². The summed E-state index contributed by atoms with van der Waals surface area (Å²) < 4.78 is 26.8. The first kappa shape index (κ1) is 14.3. The number of hydrogen-bond donors (Lipinski definition) is 3. The molecule has 0 radical (unpaired) electrons. The van der Waals surface area contributed by atoms with Gasteiger partial charge in [0.1, 0.15) is 0 Å². The van der Waals surface area contributed by atoms with Gasteiger partial charge in [-0.15, -0.1) is 0 Å². The number of sulfonamides is 1. The fraction of sp³-hybridized carbons (Fsp3) is 0.538. The second-order valence-electron chi connectivity index (χ2n) is 5.03. The molecule has 2 atom stereocenters. The van der Waals surface area contributed by atoms with Crippen molar-refractivity contribution in [2.75, 3.05) is 5.73 Å². The van der Waals surface area contributed by atoms with E-state index in [4.69, 9.17) is 5.73 Å². The molecule has 0 amide bonds. The molecule has 5 nitrogen and oxygen atoms in total. The smallest absolute Gasteiger partial charge is 0.216 e. The Morgan fingerprint density at radius 2 is 1.95 bits per heavy atom. The molecule has 1 aromatic carbocycles. The molecular weight excluding hydrogens is 264 g/mol. The number of nitrogens with two attached hydrogens (primary N) is 1. The highest BCUT2D eigenvalue weighted by atomic mass is 32.2. The van der Waals surface area contributed by atoms with Crippen molar-refractivity contribution in [3.05, 3.63) is 29.8 Å². The van der Waals surface area contributed by atoms with Crippen molar-refractivity contribution in [1.82, 2.24) is 4.72 Å². The van der Waals surface area contributed by atoms with E-state index in [0.29, 0.717) is 24.1 Å². The van der Waals surface area contributed by atoms with Gasteiger partial charge in [0.2, 0.25) is 10.0 Å². The fourth-order valence-electron chi connectivity index (χ4n) is 2.39. The van der Waals surface area contributed by atoms with E-state index in [2.05, 4.69) is 4.72 Å². The average Bonchev–Trinajstić information content (AvgIpc) is 2.35. The predicted molar refractivity (Wildman–Crippen MR) is 74.9 cm³/mol. The van der Waals surface area contributed by atoms with Gasteiger partial charge in [0.05, 0.1) is 11.9 Å². The molecule has 0 spiro atoms. The molecule has 0 heterocycles. The summed E-state index contributed by atoms with van der Waals surface area (Å²) in [4.78, 5) is 0. The fourth-order valence-corrected chi connectivity index (χ4v) is 3.88. The topological polar surface area (TPSA) is 92.4 Å². The lowest BCUT2D eigenvalue weighted by Crippen LogP contribution is -2.45. The lowest BCUT2D eigenvalue weighted by atomic mass is 9.93. The van der Waals surface area contributed by atoms with Crippen LogP contribution in [0.4, 0.5) is 5.69 Å². The Morgan fingerprint density at radius 3 is 2.63 bits per heavy atom. The van der Waals surface area contributed by atoms with E-state index in [1.54, 1.807) is 24.3 Å². The van der Waals surface area contributed by atoms with Crippen molar-refractivity contribution in [1.29, 1.82) is 0 Å². The van der Waals surface area contributed by atoms with E-state index in [1.807, 2.05) is 0 Å². The first-order valence-electron chi connectivity index (χ1n) is 6.49. The van der Waals surface area contributed by atoms with Gasteiger partial charge >= 0.3 is 0 Å². The molecule has 19 heavy (non-hydrogen) atoms. The number of rotatable bonds is 4. The van der Waals surface area contributed by atoms with Crippen LogP contribution < -0.4 is 10.5 Å². The zero-order valence-electron chi connectivity index (χ0n) is 10.7. The second kappa shape index (κ2) is 5.90. The van der Waals surface area contributed by atoms with Crippen LogP contribution in [0.2, 0.25) is 0 Å². The van der Waals surface area contributed by atoms with Gasteiger partial charge in [0, 0.05) is 11.7 Å². The molecule has 0 aliphatic heterocycles. The van der Waals surface area contributed by atoms with Gasteiger partial charge in [0.15, 0.2) is 0 Å². The van der Waals surface area contributed by atoms with E-state index in [1.165, 1.54) is 0 Å². The highest BCUT2D eigenvalue weighted by molar-refractivity contribution is 7.88. The van der Waals surface area contributed by atoms with Gasteiger partial charge in [-0.2, -0.15) is 0 Å². The molecule has 1 saturated carbocycles. The summed E-state index contributed by atoms with van der Waals surface area (Å²) in [5, 5.41) is 9.80. The number of benzene rings is 1. The van der Waals surface area contributed by atoms with Crippen LogP contribution in [0, 0.1) is 0 Å². The summed E-state index contributed by atoms with van der Waals surface area (Å²) in [6.07, 6.45) is 2.64. The van der Waals surface area contributed by atoms with Crippen molar-refractivity contribution in [3.63, 3.8) is 0 Å². The van der Waals surface area contributed by atoms with Crippen LogP contribution in [0.15, 0.2) is 24.3 Å². The van der Waals surface area contributed by atoms with E-state index >= 15 is 0 Å². The number of para-hydroxylation sites is 1. The second-order valence-corrected chi connectivity index (χ2v) is 6.79. The molecule has 1 aromatic rings. The molecule has 6 heteroatoms. The van der Waals surface area contributed by atoms with E-state index in [-0.39, 0.29) is 11.8 Å². The van der Waals surface area contributed by atoms with E-state index < -0.39 is 16.1 Å². The molecule has 106 valence electrons. The van der Waals surface area contributed by atoms with E-state index in [0.717, 1.165) is 12.8 Å². The summed E-state index contributed by atoms with van der Waals surface area (Å²) in [5.74, 6) is -0.150. The summed E-state index contributed by atoms with van der Waals surface area (Å²) in [5.41, 5.74) is 6.80. The van der Waals surface area contributed by atoms with Crippen molar-refractivity contribution in [3.8, 4) is 0 Å².